The van der Waals surface area contributed by atoms with Gasteiger partial charge in [0, 0.05) is 4.47 Å². The first-order valence-corrected chi connectivity index (χ1v) is 7.81. The van der Waals surface area contributed by atoms with E-state index in [-0.39, 0.29) is 0 Å². The van der Waals surface area contributed by atoms with E-state index in [1.54, 1.807) is 11.3 Å². The maximum atomic E-state index is 10.3. The van der Waals surface area contributed by atoms with Gasteiger partial charge in [-0.05, 0) is 50.8 Å². The number of hydrogen-bond donors (Lipinski definition) is 1. The van der Waals surface area contributed by atoms with Gasteiger partial charge in [-0.15, -0.1) is 11.3 Å². The Morgan fingerprint density at radius 1 is 1.17 bits per heavy atom. The monoisotopic (exact) mass is 324 g/mol. The molecule has 1 aromatic heterocycles. The van der Waals surface area contributed by atoms with Crippen LogP contribution in [-0.4, -0.2) is 5.11 Å². The van der Waals surface area contributed by atoms with E-state index in [1.165, 1.54) is 5.56 Å². The molecular weight excluding hydrogens is 308 g/mol. The number of halogens is 1. The number of benzene rings is 1. The van der Waals surface area contributed by atoms with E-state index in [4.69, 9.17) is 0 Å². The van der Waals surface area contributed by atoms with Crippen molar-refractivity contribution in [3.63, 3.8) is 0 Å². The van der Waals surface area contributed by atoms with Crippen molar-refractivity contribution < 1.29 is 5.11 Å². The van der Waals surface area contributed by atoms with Crippen LogP contribution in [0.4, 0.5) is 0 Å². The van der Waals surface area contributed by atoms with E-state index >= 15 is 0 Å². The minimum atomic E-state index is -0.537. The molecule has 2 unspecified atom stereocenters. The fourth-order valence-electron chi connectivity index (χ4n) is 1.89. The molecule has 96 valence electrons. The summed E-state index contributed by atoms with van der Waals surface area (Å²) in [6.45, 7) is 4.41. The highest BCUT2D eigenvalue weighted by Gasteiger charge is 2.15. The zero-order chi connectivity index (χ0) is 13.1. The Kier molecular flexibility index (Phi) is 4.60. The maximum Gasteiger partial charge on any atom is 0.114 e. The molecular formula is C15H17BrOS. The molecule has 3 heteroatoms. The third-order valence-corrected chi connectivity index (χ3v) is 5.25. The minimum Gasteiger partial charge on any atom is -0.383 e. The molecule has 2 aromatic rings. The number of aliphatic hydroxyl groups excluding tert-OH is 1. The molecule has 1 heterocycles. The van der Waals surface area contributed by atoms with E-state index in [0.717, 1.165) is 21.3 Å². The Morgan fingerprint density at radius 3 is 2.28 bits per heavy atom. The summed E-state index contributed by atoms with van der Waals surface area (Å²) in [7, 11) is 0. The average Bonchev–Trinajstić information content (AvgIpc) is 2.83. The molecule has 0 aliphatic carbocycles. The fraction of sp³-hybridized carbons (Fsp3) is 0.333. The Balaban J connectivity index is 2.22. The zero-order valence-electron chi connectivity index (χ0n) is 10.6. The lowest BCUT2D eigenvalue weighted by molar-refractivity contribution is 0.223. The standard InChI is InChI=1S/C15H17BrOS/c1-3-10(2)11-4-6-12(7-5-11)14(17)15-13(16)8-9-18-15/h4-10,14,17H,3H2,1-2H3. The van der Waals surface area contributed by atoms with Gasteiger partial charge >= 0.3 is 0 Å². The van der Waals surface area contributed by atoms with Crippen LogP contribution < -0.4 is 0 Å². The largest absolute Gasteiger partial charge is 0.383 e. The smallest absolute Gasteiger partial charge is 0.114 e. The van der Waals surface area contributed by atoms with E-state index < -0.39 is 6.10 Å². The summed E-state index contributed by atoms with van der Waals surface area (Å²) in [4.78, 5) is 0.964. The molecule has 1 N–H and O–H groups in total. The number of aliphatic hydroxyl groups is 1. The molecule has 2 rings (SSSR count). The third-order valence-electron chi connectivity index (χ3n) is 3.33. The molecule has 0 saturated heterocycles. The first kappa shape index (κ1) is 13.8. The summed E-state index contributed by atoms with van der Waals surface area (Å²) in [5.41, 5.74) is 2.28. The van der Waals surface area contributed by atoms with Gasteiger partial charge in [0.1, 0.15) is 6.10 Å². The second kappa shape index (κ2) is 6.00. The van der Waals surface area contributed by atoms with Crippen molar-refractivity contribution in [2.45, 2.75) is 32.3 Å². The summed E-state index contributed by atoms with van der Waals surface area (Å²) in [6, 6.07) is 10.3. The predicted octanol–water partition coefficient (Wildman–Crippen LogP) is 5.11. The molecule has 0 saturated carbocycles. The Bertz CT molecular complexity index is 503. The summed E-state index contributed by atoms with van der Waals surface area (Å²) >= 11 is 5.03. The molecule has 0 radical (unpaired) electrons. The molecule has 0 fully saturated rings. The Morgan fingerprint density at radius 2 is 1.78 bits per heavy atom. The molecule has 18 heavy (non-hydrogen) atoms. The van der Waals surface area contributed by atoms with Crippen molar-refractivity contribution in [1.29, 1.82) is 0 Å². The Hall–Kier alpha value is -0.640. The van der Waals surface area contributed by atoms with Crippen LogP contribution in [0.2, 0.25) is 0 Å². The maximum absolute atomic E-state index is 10.3. The molecule has 0 aliphatic rings. The quantitative estimate of drug-likeness (QED) is 0.828. The summed E-state index contributed by atoms with van der Waals surface area (Å²) in [6.07, 6.45) is 0.601. The van der Waals surface area contributed by atoms with Gasteiger partial charge in [-0.2, -0.15) is 0 Å². The molecule has 0 aliphatic heterocycles. The summed E-state index contributed by atoms with van der Waals surface area (Å²) in [5.74, 6) is 0.574. The number of hydrogen-bond acceptors (Lipinski definition) is 2. The number of thiophene rings is 1. The van der Waals surface area contributed by atoms with Gasteiger partial charge in [-0.1, -0.05) is 38.1 Å². The Labute approximate surface area is 121 Å². The van der Waals surface area contributed by atoms with Crippen molar-refractivity contribution >= 4 is 27.3 Å². The van der Waals surface area contributed by atoms with E-state index in [9.17, 15) is 5.11 Å². The van der Waals surface area contributed by atoms with Crippen molar-refractivity contribution in [2.75, 3.05) is 0 Å². The molecule has 1 nitrogen and oxygen atoms in total. The normalized spacial score (nSPS) is 14.4. The van der Waals surface area contributed by atoms with Crippen molar-refractivity contribution in [1.82, 2.24) is 0 Å². The first-order valence-electron chi connectivity index (χ1n) is 6.14. The summed E-state index contributed by atoms with van der Waals surface area (Å²) in [5, 5.41) is 12.3. The second-order valence-corrected chi connectivity index (χ2v) is 6.31. The third kappa shape index (κ3) is 2.85. The highest BCUT2D eigenvalue weighted by atomic mass is 79.9. The van der Waals surface area contributed by atoms with Crippen molar-refractivity contribution in [2.24, 2.45) is 0 Å². The van der Waals surface area contributed by atoms with Crippen LogP contribution >= 0.6 is 27.3 Å². The van der Waals surface area contributed by atoms with Crippen LogP contribution in [0.3, 0.4) is 0 Å². The van der Waals surface area contributed by atoms with Crippen LogP contribution in [0, 0.1) is 0 Å². The van der Waals surface area contributed by atoms with Gasteiger partial charge in [-0.25, -0.2) is 0 Å². The topological polar surface area (TPSA) is 20.2 Å². The van der Waals surface area contributed by atoms with Crippen molar-refractivity contribution in [3.05, 3.63) is 56.2 Å². The molecule has 2 atom stereocenters. The van der Waals surface area contributed by atoms with Gasteiger partial charge in [0.05, 0.1) is 4.88 Å². The lowest BCUT2D eigenvalue weighted by Crippen LogP contribution is -1.99. The highest BCUT2D eigenvalue weighted by molar-refractivity contribution is 9.10. The first-order chi connectivity index (χ1) is 8.63. The molecule has 1 aromatic carbocycles. The fourth-order valence-corrected chi connectivity index (χ4v) is 3.50. The lowest BCUT2D eigenvalue weighted by Gasteiger charge is -2.13. The zero-order valence-corrected chi connectivity index (χ0v) is 13.0. The van der Waals surface area contributed by atoms with Crippen LogP contribution in [0.1, 0.15) is 48.3 Å². The van der Waals surface area contributed by atoms with Gasteiger partial charge in [0.25, 0.3) is 0 Å². The van der Waals surface area contributed by atoms with Crippen LogP contribution in [-0.2, 0) is 0 Å². The van der Waals surface area contributed by atoms with E-state index in [1.807, 2.05) is 23.6 Å². The van der Waals surface area contributed by atoms with Crippen LogP contribution in [0.15, 0.2) is 40.2 Å². The van der Waals surface area contributed by atoms with Crippen LogP contribution in [0.25, 0.3) is 0 Å². The predicted molar refractivity (Wildman–Crippen MR) is 81.2 cm³/mol. The lowest BCUT2D eigenvalue weighted by atomic mass is 9.96. The average molecular weight is 325 g/mol. The second-order valence-electron chi connectivity index (χ2n) is 4.51. The van der Waals surface area contributed by atoms with Gasteiger partial charge in [0.15, 0.2) is 0 Å². The highest BCUT2D eigenvalue weighted by Crippen LogP contribution is 2.33. The van der Waals surface area contributed by atoms with E-state index in [0.29, 0.717) is 5.92 Å². The minimum absolute atomic E-state index is 0.537. The molecule has 0 bridgehead atoms. The SMILES string of the molecule is CCC(C)c1ccc(C(O)c2sccc2Br)cc1. The van der Waals surface area contributed by atoms with Crippen LogP contribution in [0.5, 0.6) is 0 Å². The van der Waals surface area contributed by atoms with Gasteiger partial charge in [0.2, 0.25) is 0 Å². The van der Waals surface area contributed by atoms with Gasteiger partial charge in [-0.3, -0.25) is 0 Å². The number of rotatable bonds is 4. The van der Waals surface area contributed by atoms with Crippen molar-refractivity contribution in [3.8, 4) is 0 Å². The molecule has 0 amide bonds. The molecule has 0 spiro atoms. The summed E-state index contributed by atoms with van der Waals surface area (Å²) < 4.78 is 0.978. The van der Waals surface area contributed by atoms with Gasteiger partial charge < -0.3 is 5.11 Å². The van der Waals surface area contributed by atoms with E-state index in [2.05, 4.69) is 41.9 Å².